The first-order chi connectivity index (χ1) is 15.7. The van der Waals surface area contributed by atoms with Gasteiger partial charge in [0.05, 0.1) is 6.61 Å². The first-order valence-electron chi connectivity index (χ1n) is 11.7. The van der Waals surface area contributed by atoms with E-state index >= 15 is 0 Å². The van der Waals surface area contributed by atoms with Crippen molar-refractivity contribution in [1.29, 1.82) is 0 Å². The highest BCUT2D eigenvalue weighted by Crippen LogP contribution is 2.18. The Bertz CT molecular complexity index is 831. The molecule has 172 valence electrons. The average Bonchev–Trinajstić information content (AvgIpc) is 2.86. The lowest BCUT2D eigenvalue weighted by Crippen LogP contribution is -2.49. The number of aliphatic hydroxyl groups excluding tert-OH is 1. The van der Waals surface area contributed by atoms with Gasteiger partial charge in [0.15, 0.2) is 11.6 Å². The van der Waals surface area contributed by atoms with Crippen molar-refractivity contribution in [3.63, 3.8) is 0 Å². The molecule has 4 rings (SSSR count). The zero-order valence-corrected chi connectivity index (χ0v) is 18.8. The van der Waals surface area contributed by atoms with Crippen LogP contribution in [0.15, 0.2) is 42.5 Å². The number of nitrogens with zero attached hydrogens (tertiary/aromatic N) is 6. The number of amides is 1. The molecule has 1 aromatic heterocycles. The average molecular weight is 439 g/mol. The second-order valence-electron chi connectivity index (χ2n) is 8.51. The predicted octanol–water partition coefficient (Wildman–Crippen LogP) is 1.26. The van der Waals surface area contributed by atoms with Crippen molar-refractivity contribution in [1.82, 2.24) is 20.0 Å². The lowest BCUT2D eigenvalue weighted by atomic mass is 10.1. The van der Waals surface area contributed by atoms with E-state index in [4.69, 9.17) is 5.11 Å². The van der Waals surface area contributed by atoms with Crippen molar-refractivity contribution in [3.8, 4) is 0 Å². The molecule has 3 heterocycles. The molecule has 0 radical (unpaired) electrons. The molecule has 2 aliphatic heterocycles. The minimum Gasteiger partial charge on any atom is -0.395 e. The van der Waals surface area contributed by atoms with Crippen LogP contribution < -0.4 is 9.80 Å². The minimum atomic E-state index is 0.209. The van der Waals surface area contributed by atoms with E-state index in [1.807, 2.05) is 35.2 Å². The first kappa shape index (κ1) is 22.5. The zero-order valence-electron chi connectivity index (χ0n) is 18.8. The van der Waals surface area contributed by atoms with E-state index in [9.17, 15) is 4.79 Å². The normalized spacial score (nSPS) is 17.6. The Balaban J connectivity index is 1.20. The number of hydrogen-bond donors (Lipinski definition) is 1. The maximum absolute atomic E-state index is 12.6. The molecule has 0 spiro atoms. The highest BCUT2D eigenvalue weighted by atomic mass is 16.3. The summed E-state index contributed by atoms with van der Waals surface area (Å²) in [6.07, 6.45) is 2.45. The second kappa shape index (κ2) is 11.2. The lowest BCUT2D eigenvalue weighted by molar-refractivity contribution is -0.131. The van der Waals surface area contributed by atoms with E-state index in [-0.39, 0.29) is 12.5 Å². The number of aliphatic hydroxyl groups is 1. The third kappa shape index (κ3) is 5.95. The van der Waals surface area contributed by atoms with Crippen molar-refractivity contribution in [2.75, 3.05) is 75.3 Å². The molecule has 2 fully saturated rings. The molecule has 0 saturated carbocycles. The van der Waals surface area contributed by atoms with Crippen molar-refractivity contribution in [2.45, 2.75) is 19.3 Å². The number of rotatable bonds is 8. The van der Waals surface area contributed by atoms with Gasteiger partial charge in [0.1, 0.15) is 0 Å². The third-order valence-electron chi connectivity index (χ3n) is 6.40. The molecule has 8 heteroatoms. The molecule has 0 aliphatic carbocycles. The Kier molecular flexibility index (Phi) is 7.90. The van der Waals surface area contributed by atoms with Gasteiger partial charge < -0.3 is 19.8 Å². The lowest BCUT2D eigenvalue weighted by Gasteiger charge is -2.36. The van der Waals surface area contributed by atoms with E-state index in [2.05, 4.69) is 37.0 Å². The highest BCUT2D eigenvalue weighted by Gasteiger charge is 2.23. The number of anilines is 2. The van der Waals surface area contributed by atoms with Gasteiger partial charge in [-0.2, -0.15) is 0 Å². The molecule has 0 unspecified atom stereocenters. The zero-order chi connectivity index (χ0) is 22.2. The van der Waals surface area contributed by atoms with Gasteiger partial charge in [0.25, 0.3) is 0 Å². The van der Waals surface area contributed by atoms with Crippen LogP contribution in [0.4, 0.5) is 11.6 Å². The van der Waals surface area contributed by atoms with Crippen molar-refractivity contribution in [2.24, 2.45) is 0 Å². The van der Waals surface area contributed by atoms with Crippen molar-refractivity contribution >= 4 is 17.5 Å². The van der Waals surface area contributed by atoms with Crippen LogP contribution >= 0.6 is 0 Å². The molecule has 2 aliphatic rings. The number of piperazine rings is 2. The number of aryl methyl sites for hydroxylation is 1. The molecule has 0 bridgehead atoms. The third-order valence-corrected chi connectivity index (χ3v) is 6.40. The molecule has 1 amide bonds. The molecular weight excluding hydrogens is 404 g/mol. The van der Waals surface area contributed by atoms with Crippen LogP contribution in [-0.4, -0.2) is 96.5 Å². The second-order valence-corrected chi connectivity index (χ2v) is 8.51. The topological polar surface area (TPSA) is 76.0 Å². The number of carbonyl (C=O) groups excluding carboxylic acids is 1. The number of hydrogen-bond acceptors (Lipinski definition) is 7. The van der Waals surface area contributed by atoms with Crippen LogP contribution in [0.1, 0.15) is 18.4 Å². The van der Waals surface area contributed by atoms with Crippen LogP contribution in [0, 0.1) is 0 Å². The minimum absolute atomic E-state index is 0.209. The van der Waals surface area contributed by atoms with E-state index in [0.717, 1.165) is 83.4 Å². The summed E-state index contributed by atoms with van der Waals surface area (Å²) in [4.78, 5) is 21.3. The largest absolute Gasteiger partial charge is 0.395 e. The van der Waals surface area contributed by atoms with Gasteiger partial charge in [0, 0.05) is 65.3 Å². The summed E-state index contributed by atoms with van der Waals surface area (Å²) >= 11 is 0. The summed E-state index contributed by atoms with van der Waals surface area (Å²) in [6.45, 7) is 7.67. The molecule has 0 atom stereocenters. The van der Waals surface area contributed by atoms with Gasteiger partial charge in [-0.25, -0.2) is 0 Å². The van der Waals surface area contributed by atoms with Crippen LogP contribution in [-0.2, 0) is 11.2 Å². The quantitative estimate of drug-likeness (QED) is 0.665. The van der Waals surface area contributed by atoms with E-state index in [1.54, 1.807) is 0 Å². The maximum atomic E-state index is 12.6. The number of benzene rings is 1. The van der Waals surface area contributed by atoms with Gasteiger partial charge in [-0.05, 0) is 30.5 Å². The molecular formula is C24H34N6O2. The Morgan fingerprint density at radius 1 is 0.812 bits per heavy atom. The first-order valence-corrected chi connectivity index (χ1v) is 11.7. The van der Waals surface area contributed by atoms with Gasteiger partial charge in [-0.1, -0.05) is 30.3 Å². The SMILES string of the molecule is O=C(CCCc1ccccc1)N1CCN(c2ccc(N3CCN(CCO)CC3)nn2)CC1. The maximum Gasteiger partial charge on any atom is 0.222 e. The van der Waals surface area contributed by atoms with Gasteiger partial charge in [-0.3, -0.25) is 9.69 Å². The molecule has 32 heavy (non-hydrogen) atoms. The van der Waals surface area contributed by atoms with Gasteiger partial charge in [0.2, 0.25) is 5.91 Å². The van der Waals surface area contributed by atoms with Gasteiger partial charge >= 0.3 is 0 Å². The monoisotopic (exact) mass is 438 g/mol. The van der Waals surface area contributed by atoms with Crippen molar-refractivity contribution < 1.29 is 9.90 Å². The number of β-amino-alcohol motifs (C(OH)–C–C–N with tert-alkyl or cyclic N) is 1. The molecule has 2 saturated heterocycles. The molecule has 1 N–H and O–H groups in total. The predicted molar refractivity (Wildman–Crippen MR) is 126 cm³/mol. The summed E-state index contributed by atoms with van der Waals surface area (Å²) in [5, 5.41) is 18.0. The van der Waals surface area contributed by atoms with E-state index in [0.29, 0.717) is 6.42 Å². The van der Waals surface area contributed by atoms with Gasteiger partial charge in [-0.15, -0.1) is 10.2 Å². The molecule has 2 aromatic rings. The van der Waals surface area contributed by atoms with Crippen LogP contribution in [0.2, 0.25) is 0 Å². The smallest absolute Gasteiger partial charge is 0.222 e. The summed E-state index contributed by atoms with van der Waals surface area (Å²) in [5.41, 5.74) is 1.29. The Labute approximate surface area is 190 Å². The Morgan fingerprint density at radius 3 is 1.97 bits per heavy atom. The fourth-order valence-electron chi connectivity index (χ4n) is 4.43. The molecule has 1 aromatic carbocycles. The Hall–Kier alpha value is -2.71. The highest BCUT2D eigenvalue weighted by molar-refractivity contribution is 5.76. The van der Waals surface area contributed by atoms with E-state index < -0.39 is 0 Å². The summed E-state index contributed by atoms with van der Waals surface area (Å²) in [7, 11) is 0. The number of aromatic nitrogens is 2. The van der Waals surface area contributed by atoms with E-state index in [1.165, 1.54) is 5.56 Å². The van der Waals surface area contributed by atoms with Crippen LogP contribution in [0.25, 0.3) is 0 Å². The summed E-state index contributed by atoms with van der Waals surface area (Å²) in [5.74, 6) is 2.04. The van der Waals surface area contributed by atoms with Crippen LogP contribution in [0.5, 0.6) is 0 Å². The fourth-order valence-corrected chi connectivity index (χ4v) is 4.43. The standard InChI is InChI=1S/C24H34N6O2/c31-20-19-27-11-13-28(14-12-27)22-9-10-23(26-25-22)29-15-17-30(18-16-29)24(32)8-4-7-21-5-2-1-3-6-21/h1-3,5-6,9-10,31H,4,7-8,11-20H2. The van der Waals surface area contributed by atoms with Crippen LogP contribution in [0.3, 0.4) is 0 Å². The summed E-state index contributed by atoms with van der Waals surface area (Å²) in [6, 6.07) is 14.4. The number of carbonyl (C=O) groups is 1. The fraction of sp³-hybridized carbons (Fsp3) is 0.542. The van der Waals surface area contributed by atoms with Crippen molar-refractivity contribution in [3.05, 3.63) is 48.0 Å². The molecule has 8 nitrogen and oxygen atoms in total. The Morgan fingerprint density at radius 2 is 1.41 bits per heavy atom. The summed E-state index contributed by atoms with van der Waals surface area (Å²) < 4.78 is 0.